The van der Waals surface area contributed by atoms with Crippen LogP contribution < -0.4 is 5.32 Å². The number of imide groups is 1. The summed E-state index contributed by atoms with van der Waals surface area (Å²) in [6, 6.07) is 16.4. The lowest BCUT2D eigenvalue weighted by Crippen LogP contribution is -2.28. The number of hydrogen-bond acceptors (Lipinski definition) is 5. The topological polar surface area (TPSA) is 84.3 Å². The Morgan fingerprint density at radius 2 is 1.79 bits per heavy atom. The molecule has 0 bridgehead atoms. The molecule has 0 saturated carbocycles. The van der Waals surface area contributed by atoms with Crippen LogP contribution >= 0.6 is 22.9 Å². The van der Waals surface area contributed by atoms with Crippen LogP contribution in [-0.2, 0) is 16.1 Å². The number of nitrogens with one attached hydrogen (secondary N) is 1. The molecule has 2 aromatic carbocycles. The third-order valence-corrected chi connectivity index (χ3v) is 6.99. The van der Waals surface area contributed by atoms with E-state index in [1.807, 2.05) is 31.2 Å². The zero-order valence-electron chi connectivity index (χ0n) is 17.7. The third kappa shape index (κ3) is 4.03. The maximum Gasteiger partial charge on any atom is 0.265 e. The number of amides is 3. The fourth-order valence-corrected chi connectivity index (χ4v) is 5.10. The van der Waals surface area contributed by atoms with Crippen molar-refractivity contribution in [3.8, 4) is 5.69 Å². The Hall–Kier alpha value is -3.49. The van der Waals surface area contributed by atoms with E-state index >= 15 is 0 Å². The summed E-state index contributed by atoms with van der Waals surface area (Å²) in [7, 11) is 0. The first-order valence-electron chi connectivity index (χ1n) is 10.4. The number of fused-ring (bicyclic) bond motifs is 1. The number of carbonyl (C=O) groups excluding carboxylic acids is 3. The molecule has 1 aliphatic heterocycles. The van der Waals surface area contributed by atoms with Gasteiger partial charge in [0.15, 0.2) is 0 Å². The number of likely N-dealkylation sites (tertiary alicyclic amines) is 1. The van der Waals surface area contributed by atoms with E-state index in [0.29, 0.717) is 15.6 Å². The molecule has 0 aliphatic carbocycles. The molecule has 1 N–H and O–H groups in total. The molecule has 1 saturated heterocycles. The number of benzene rings is 2. The van der Waals surface area contributed by atoms with Crippen LogP contribution in [0.1, 0.15) is 33.8 Å². The Bertz CT molecular complexity index is 1390. The monoisotopic (exact) mass is 478 g/mol. The summed E-state index contributed by atoms with van der Waals surface area (Å²) in [6.45, 7) is 2.15. The minimum Gasteiger partial charge on any atom is -0.321 e. The smallest absolute Gasteiger partial charge is 0.265 e. The zero-order valence-corrected chi connectivity index (χ0v) is 19.2. The highest BCUT2D eigenvalue weighted by Crippen LogP contribution is 2.32. The summed E-state index contributed by atoms with van der Waals surface area (Å²) >= 11 is 7.70. The lowest BCUT2D eigenvalue weighted by Gasteiger charge is -2.14. The van der Waals surface area contributed by atoms with Gasteiger partial charge in [-0.1, -0.05) is 35.9 Å². The van der Waals surface area contributed by atoms with Crippen molar-refractivity contribution in [1.82, 2.24) is 14.7 Å². The Kier molecular flexibility index (Phi) is 5.47. The van der Waals surface area contributed by atoms with Gasteiger partial charge in [0.2, 0.25) is 11.8 Å². The van der Waals surface area contributed by atoms with E-state index in [0.717, 1.165) is 27.2 Å². The van der Waals surface area contributed by atoms with Crippen molar-refractivity contribution in [2.75, 3.05) is 5.32 Å². The normalized spacial score (nSPS) is 13.8. The minimum absolute atomic E-state index is 0.146. The summed E-state index contributed by atoms with van der Waals surface area (Å²) < 4.78 is 1.77. The van der Waals surface area contributed by atoms with Crippen molar-refractivity contribution in [1.29, 1.82) is 0 Å². The fraction of sp³-hybridized carbons (Fsp3) is 0.167. The second-order valence-corrected chi connectivity index (χ2v) is 9.24. The highest BCUT2D eigenvalue weighted by Gasteiger charge is 2.28. The fourth-order valence-electron chi connectivity index (χ4n) is 3.81. The average molecular weight is 479 g/mol. The SMILES string of the molecule is Cc1nn(-c2ccccc2Cl)c2sc(C(=O)Nc3ccc(CN4C(=O)CCC4=O)cc3)cc12. The second kappa shape index (κ2) is 8.46. The van der Waals surface area contributed by atoms with Gasteiger partial charge in [-0.05, 0) is 42.8 Å². The summed E-state index contributed by atoms with van der Waals surface area (Å²) in [5, 5.41) is 8.98. The lowest BCUT2D eigenvalue weighted by atomic mass is 10.2. The molecule has 166 valence electrons. The Balaban J connectivity index is 1.34. The number of halogens is 1. The van der Waals surface area contributed by atoms with Crippen molar-refractivity contribution >= 4 is 56.6 Å². The molecule has 3 heterocycles. The van der Waals surface area contributed by atoms with Crippen LogP contribution in [0.25, 0.3) is 15.9 Å². The van der Waals surface area contributed by atoms with E-state index in [1.54, 1.807) is 35.0 Å². The van der Waals surface area contributed by atoms with E-state index in [-0.39, 0.29) is 37.1 Å². The zero-order chi connectivity index (χ0) is 23.1. The molecule has 2 aromatic heterocycles. The summed E-state index contributed by atoms with van der Waals surface area (Å²) in [5.74, 6) is -0.514. The first-order valence-corrected chi connectivity index (χ1v) is 11.6. The van der Waals surface area contributed by atoms with Gasteiger partial charge in [0.1, 0.15) is 4.83 Å². The van der Waals surface area contributed by atoms with E-state index < -0.39 is 0 Å². The predicted molar refractivity (Wildman–Crippen MR) is 128 cm³/mol. The Morgan fingerprint density at radius 1 is 1.09 bits per heavy atom. The first-order chi connectivity index (χ1) is 15.9. The van der Waals surface area contributed by atoms with Gasteiger partial charge in [0.05, 0.1) is 27.8 Å². The van der Waals surface area contributed by atoms with Crippen LogP contribution in [0.15, 0.2) is 54.6 Å². The van der Waals surface area contributed by atoms with Crippen LogP contribution in [0.4, 0.5) is 5.69 Å². The third-order valence-electron chi connectivity index (χ3n) is 5.56. The minimum atomic E-state index is -0.223. The second-order valence-electron chi connectivity index (χ2n) is 7.80. The molecule has 0 atom stereocenters. The molecular weight excluding hydrogens is 460 g/mol. The maximum absolute atomic E-state index is 12.9. The number of para-hydroxylation sites is 1. The largest absolute Gasteiger partial charge is 0.321 e. The van der Waals surface area contributed by atoms with Crippen LogP contribution in [0.3, 0.4) is 0 Å². The van der Waals surface area contributed by atoms with Crippen molar-refractivity contribution in [3.05, 3.63) is 75.8 Å². The van der Waals surface area contributed by atoms with Crippen molar-refractivity contribution < 1.29 is 14.4 Å². The molecule has 4 aromatic rings. The Morgan fingerprint density at radius 3 is 2.48 bits per heavy atom. The molecule has 0 spiro atoms. The molecule has 9 heteroatoms. The van der Waals surface area contributed by atoms with Crippen LogP contribution in [0.2, 0.25) is 5.02 Å². The van der Waals surface area contributed by atoms with Gasteiger partial charge in [-0.15, -0.1) is 11.3 Å². The quantitative estimate of drug-likeness (QED) is 0.411. The lowest BCUT2D eigenvalue weighted by molar-refractivity contribution is -0.139. The molecule has 33 heavy (non-hydrogen) atoms. The Labute approximate surface area is 198 Å². The molecule has 3 amide bonds. The van der Waals surface area contributed by atoms with Gasteiger partial charge in [-0.2, -0.15) is 5.10 Å². The molecule has 1 fully saturated rings. The summed E-state index contributed by atoms with van der Waals surface area (Å²) in [6.07, 6.45) is 0.547. The van der Waals surface area contributed by atoms with Crippen molar-refractivity contribution in [2.24, 2.45) is 0 Å². The van der Waals surface area contributed by atoms with Gasteiger partial charge in [0.25, 0.3) is 5.91 Å². The molecular formula is C24H19ClN4O3S. The standard InChI is InChI=1S/C24H19ClN4O3S/c1-14-17-12-20(33-24(17)29(27-14)19-5-3-2-4-18(19)25)23(32)26-16-8-6-15(7-9-16)13-28-21(30)10-11-22(28)31/h2-9,12H,10-11,13H2,1H3,(H,26,32). The highest BCUT2D eigenvalue weighted by atomic mass is 35.5. The first kappa shape index (κ1) is 21.4. The number of nitrogens with zero attached hydrogens (tertiary/aromatic N) is 3. The maximum atomic E-state index is 12.9. The van der Waals surface area contributed by atoms with Crippen molar-refractivity contribution in [2.45, 2.75) is 26.3 Å². The van der Waals surface area contributed by atoms with Gasteiger partial charge < -0.3 is 5.32 Å². The van der Waals surface area contributed by atoms with E-state index in [2.05, 4.69) is 10.4 Å². The van der Waals surface area contributed by atoms with Crippen LogP contribution in [0.5, 0.6) is 0 Å². The van der Waals surface area contributed by atoms with Crippen molar-refractivity contribution in [3.63, 3.8) is 0 Å². The molecule has 7 nitrogen and oxygen atoms in total. The number of carbonyl (C=O) groups is 3. The molecule has 0 unspecified atom stereocenters. The predicted octanol–water partition coefficient (Wildman–Crippen LogP) is 4.95. The van der Waals surface area contributed by atoms with Gasteiger partial charge >= 0.3 is 0 Å². The van der Waals surface area contributed by atoms with Gasteiger partial charge in [0, 0.05) is 23.9 Å². The van der Waals surface area contributed by atoms with E-state index in [4.69, 9.17) is 11.6 Å². The number of thiophene rings is 1. The van der Waals surface area contributed by atoms with Crippen LogP contribution in [0, 0.1) is 6.92 Å². The number of hydrogen-bond donors (Lipinski definition) is 1. The van der Waals surface area contributed by atoms with Crippen LogP contribution in [-0.4, -0.2) is 32.4 Å². The number of aryl methyl sites for hydroxylation is 1. The highest BCUT2D eigenvalue weighted by molar-refractivity contribution is 7.20. The number of rotatable bonds is 5. The molecule has 1 aliphatic rings. The average Bonchev–Trinajstić information content (AvgIpc) is 3.47. The van der Waals surface area contributed by atoms with E-state index in [1.165, 1.54) is 16.2 Å². The summed E-state index contributed by atoms with van der Waals surface area (Å²) in [4.78, 5) is 39.2. The molecule has 5 rings (SSSR count). The number of anilines is 1. The summed E-state index contributed by atoms with van der Waals surface area (Å²) in [5.41, 5.74) is 3.03. The molecule has 0 radical (unpaired) electrons. The van der Waals surface area contributed by atoms with Gasteiger partial charge in [-0.25, -0.2) is 4.68 Å². The van der Waals surface area contributed by atoms with Gasteiger partial charge in [-0.3, -0.25) is 19.3 Å². The van der Waals surface area contributed by atoms with E-state index in [9.17, 15) is 14.4 Å². The number of aromatic nitrogens is 2.